The third kappa shape index (κ3) is 5.14. The van der Waals surface area contributed by atoms with Crippen LogP contribution in [0.25, 0.3) is 22.6 Å². The molecule has 0 unspecified atom stereocenters. The highest BCUT2D eigenvalue weighted by Crippen LogP contribution is 2.34. The van der Waals surface area contributed by atoms with E-state index in [0.717, 1.165) is 11.1 Å². The molecule has 1 aliphatic heterocycles. The average Bonchev–Trinajstić information content (AvgIpc) is 3.33. The third-order valence-electron chi connectivity index (χ3n) is 6.32. The van der Waals surface area contributed by atoms with Gasteiger partial charge in [-0.25, -0.2) is 4.98 Å². The van der Waals surface area contributed by atoms with Crippen molar-refractivity contribution in [2.75, 3.05) is 36.5 Å². The summed E-state index contributed by atoms with van der Waals surface area (Å²) in [5, 5.41) is 15.0. The molecule has 4 aromatic rings. The van der Waals surface area contributed by atoms with E-state index in [0.29, 0.717) is 65.7 Å². The lowest BCUT2D eigenvalue weighted by molar-refractivity contribution is -0.384. The zero-order valence-corrected chi connectivity index (χ0v) is 21.1. The minimum atomic E-state index is -0.482. The van der Waals surface area contributed by atoms with Crippen LogP contribution in [0.4, 0.5) is 17.1 Å². The maximum Gasteiger partial charge on any atom is 0.293 e. The summed E-state index contributed by atoms with van der Waals surface area (Å²) in [6.45, 7) is 6.31. The number of aromatic nitrogens is 1. The number of halogens is 1. The zero-order chi connectivity index (χ0) is 26.1. The second-order valence-corrected chi connectivity index (χ2v) is 9.52. The van der Waals surface area contributed by atoms with Crippen molar-refractivity contribution in [2.24, 2.45) is 0 Å². The van der Waals surface area contributed by atoms with Crippen molar-refractivity contribution in [3.8, 4) is 11.5 Å². The Bertz CT molecular complexity index is 1490. The fourth-order valence-corrected chi connectivity index (χ4v) is 4.47. The summed E-state index contributed by atoms with van der Waals surface area (Å²) in [7, 11) is 0. The number of hydrogen-bond acceptors (Lipinski definition) is 7. The van der Waals surface area contributed by atoms with E-state index in [1.54, 1.807) is 30.3 Å². The van der Waals surface area contributed by atoms with E-state index in [9.17, 15) is 14.9 Å². The van der Waals surface area contributed by atoms with Crippen molar-refractivity contribution in [1.29, 1.82) is 0 Å². The molecule has 5 rings (SSSR count). The Morgan fingerprint density at radius 2 is 1.89 bits per heavy atom. The molecular weight excluding hydrogens is 496 g/mol. The molecule has 10 heteroatoms. The number of rotatable bonds is 6. The van der Waals surface area contributed by atoms with Crippen LogP contribution in [0.5, 0.6) is 0 Å². The first kappa shape index (κ1) is 24.7. The first-order valence-electron chi connectivity index (χ1n) is 11.9. The molecule has 0 spiro atoms. The van der Waals surface area contributed by atoms with Gasteiger partial charge >= 0.3 is 0 Å². The van der Waals surface area contributed by atoms with Crippen molar-refractivity contribution < 1.29 is 18.9 Å². The molecule has 1 saturated heterocycles. The number of hydrogen-bond donors (Lipinski definition) is 1. The summed E-state index contributed by atoms with van der Waals surface area (Å²) >= 11 is 6.44. The summed E-state index contributed by atoms with van der Waals surface area (Å²) in [6.07, 6.45) is 0. The molecular formula is C27H25ClN4O5. The molecule has 2 heterocycles. The number of morpholine rings is 1. The van der Waals surface area contributed by atoms with E-state index in [-0.39, 0.29) is 11.3 Å². The van der Waals surface area contributed by atoms with Gasteiger partial charge in [0.05, 0.1) is 28.7 Å². The number of nitro groups is 1. The van der Waals surface area contributed by atoms with Gasteiger partial charge in [-0.15, -0.1) is 0 Å². The fourth-order valence-electron chi connectivity index (χ4n) is 4.27. The topological polar surface area (TPSA) is 111 Å². The summed E-state index contributed by atoms with van der Waals surface area (Å²) in [5.41, 5.74) is 3.99. The molecule has 0 radical (unpaired) electrons. The molecule has 1 fully saturated rings. The smallest absolute Gasteiger partial charge is 0.293 e. The Morgan fingerprint density at radius 3 is 2.62 bits per heavy atom. The van der Waals surface area contributed by atoms with Crippen LogP contribution >= 0.6 is 11.6 Å². The molecule has 1 aliphatic rings. The molecule has 3 aromatic carbocycles. The Hall–Kier alpha value is -3.95. The Labute approximate surface area is 218 Å². The lowest BCUT2D eigenvalue weighted by atomic mass is 10.0. The molecule has 1 aromatic heterocycles. The number of nitrogens with zero attached hydrogens (tertiary/aromatic N) is 3. The standard InChI is InChI=1S/C27H25ClN4O5/c1-16(2)17-4-8-25-22(13-17)30-27(37-25)20-15-19(5-6-21(20)28)29-26(33)18-3-7-23(24(14-18)32(34)35)31-9-11-36-12-10-31/h3-8,13-16H,9-12H2,1-2H3,(H,29,33). The van der Waals surface area contributed by atoms with Crippen LogP contribution in [0, 0.1) is 10.1 Å². The van der Waals surface area contributed by atoms with Crippen LogP contribution in [0.1, 0.15) is 35.7 Å². The van der Waals surface area contributed by atoms with Crippen LogP contribution in [0.3, 0.4) is 0 Å². The SMILES string of the molecule is CC(C)c1ccc2oc(-c3cc(NC(=O)c4ccc(N5CCOCC5)c([N+](=O)[O-])c4)ccc3Cl)nc2c1. The molecule has 9 nitrogen and oxygen atoms in total. The Morgan fingerprint density at radius 1 is 1.11 bits per heavy atom. The predicted octanol–water partition coefficient (Wildman–Crippen LogP) is 6.27. The van der Waals surface area contributed by atoms with Crippen molar-refractivity contribution in [3.05, 3.63) is 80.9 Å². The lowest BCUT2D eigenvalue weighted by Crippen LogP contribution is -2.36. The van der Waals surface area contributed by atoms with Gasteiger partial charge in [-0.2, -0.15) is 0 Å². The number of nitrogens with one attached hydrogen (secondary N) is 1. The third-order valence-corrected chi connectivity index (χ3v) is 6.65. The first-order chi connectivity index (χ1) is 17.8. The van der Waals surface area contributed by atoms with Crippen molar-refractivity contribution >= 4 is 45.7 Å². The fraction of sp³-hybridized carbons (Fsp3) is 0.259. The van der Waals surface area contributed by atoms with Crippen LogP contribution in [-0.2, 0) is 4.74 Å². The number of fused-ring (bicyclic) bond motifs is 1. The quantitative estimate of drug-likeness (QED) is 0.235. The van der Waals surface area contributed by atoms with Gasteiger partial charge in [-0.1, -0.05) is 31.5 Å². The molecule has 1 amide bonds. The maximum atomic E-state index is 13.0. The van der Waals surface area contributed by atoms with Crippen LogP contribution in [-0.4, -0.2) is 42.1 Å². The minimum Gasteiger partial charge on any atom is -0.436 e. The number of benzene rings is 3. The molecule has 0 atom stereocenters. The van der Waals surface area contributed by atoms with Gasteiger partial charge in [0.1, 0.15) is 11.2 Å². The number of oxazole rings is 1. The number of ether oxygens (including phenoxy) is 1. The second-order valence-electron chi connectivity index (χ2n) is 9.11. The number of anilines is 2. The highest BCUT2D eigenvalue weighted by molar-refractivity contribution is 6.33. The average molecular weight is 521 g/mol. The summed E-state index contributed by atoms with van der Waals surface area (Å²) in [5.74, 6) is 0.206. The molecule has 0 aliphatic carbocycles. The van der Waals surface area contributed by atoms with E-state index in [1.807, 2.05) is 23.1 Å². The summed E-state index contributed by atoms with van der Waals surface area (Å²) in [4.78, 5) is 30.8. The minimum absolute atomic E-state index is 0.126. The lowest BCUT2D eigenvalue weighted by Gasteiger charge is -2.28. The summed E-state index contributed by atoms with van der Waals surface area (Å²) < 4.78 is 11.3. The van der Waals surface area contributed by atoms with Crippen molar-refractivity contribution in [3.63, 3.8) is 0 Å². The first-order valence-corrected chi connectivity index (χ1v) is 12.3. The van der Waals surface area contributed by atoms with E-state index in [1.165, 1.54) is 6.07 Å². The maximum absolute atomic E-state index is 13.0. The second kappa shape index (κ2) is 10.2. The number of carbonyl (C=O) groups is 1. The van der Waals surface area contributed by atoms with E-state index in [4.69, 9.17) is 20.8 Å². The number of carbonyl (C=O) groups excluding carboxylic acids is 1. The van der Waals surface area contributed by atoms with Gasteiger partial charge in [0, 0.05) is 30.4 Å². The Balaban J connectivity index is 1.41. The molecule has 190 valence electrons. The largest absolute Gasteiger partial charge is 0.436 e. The van der Waals surface area contributed by atoms with E-state index in [2.05, 4.69) is 24.1 Å². The van der Waals surface area contributed by atoms with Gasteiger partial charge < -0.3 is 19.4 Å². The van der Waals surface area contributed by atoms with Gasteiger partial charge in [-0.3, -0.25) is 14.9 Å². The molecule has 0 saturated carbocycles. The van der Waals surface area contributed by atoms with Gasteiger partial charge in [0.15, 0.2) is 5.58 Å². The van der Waals surface area contributed by atoms with Crippen LogP contribution < -0.4 is 10.2 Å². The van der Waals surface area contributed by atoms with Crippen molar-refractivity contribution in [1.82, 2.24) is 4.98 Å². The van der Waals surface area contributed by atoms with Crippen LogP contribution in [0.2, 0.25) is 5.02 Å². The van der Waals surface area contributed by atoms with Crippen molar-refractivity contribution in [2.45, 2.75) is 19.8 Å². The summed E-state index contributed by atoms with van der Waals surface area (Å²) in [6, 6.07) is 15.3. The van der Waals surface area contributed by atoms with Gasteiger partial charge in [-0.05, 0) is 53.9 Å². The monoisotopic (exact) mass is 520 g/mol. The molecule has 0 bridgehead atoms. The number of nitro benzene ring substituents is 1. The van der Waals surface area contributed by atoms with Gasteiger partial charge in [0.25, 0.3) is 11.6 Å². The van der Waals surface area contributed by atoms with E-state index >= 15 is 0 Å². The molecule has 37 heavy (non-hydrogen) atoms. The Kier molecular flexibility index (Phi) is 6.82. The van der Waals surface area contributed by atoms with Crippen LogP contribution in [0.15, 0.2) is 59.0 Å². The number of amides is 1. The van der Waals surface area contributed by atoms with Gasteiger partial charge in [0.2, 0.25) is 5.89 Å². The normalized spacial score (nSPS) is 13.8. The highest BCUT2D eigenvalue weighted by atomic mass is 35.5. The molecule has 1 N–H and O–H groups in total. The van der Waals surface area contributed by atoms with E-state index < -0.39 is 10.8 Å². The zero-order valence-electron chi connectivity index (χ0n) is 20.4. The predicted molar refractivity (Wildman–Crippen MR) is 143 cm³/mol. The highest BCUT2D eigenvalue weighted by Gasteiger charge is 2.24.